The van der Waals surface area contributed by atoms with Crippen LogP contribution in [0.15, 0.2) is 24.3 Å². The van der Waals surface area contributed by atoms with Gasteiger partial charge in [-0.2, -0.15) is 0 Å². The number of piperidine rings is 1. The zero-order valence-electron chi connectivity index (χ0n) is 10.7. The van der Waals surface area contributed by atoms with Crippen molar-refractivity contribution in [2.75, 3.05) is 18.0 Å². The molecule has 3 rings (SSSR count). The van der Waals surface area contributed by atoms with Crippen molar-refractivity contribution >= 4 is 5.69 Å². The van der Waals surface area contributed by atoms with Crippen molar-refractivity contribution < 1.29 is 0 Å². The molecule has 1 saturated carbocycles. The molecule has 0 amide bonds. The van der Waals surface area contributed by atoms with Crippen LogP contribution in [0.25, 0.3) is 0 Å². The molecule has 0 bridgehead atoms. The molecule has 0 radical (unpaired) electrons. The van der Waals surface area contributed by atoms with E-state index in [-0.39, 0.29) is 0 Å². The van der Waals surface area contributed by atoms with Crippen LogP contribution in [-0.2, 0) is 0 Å². The lowest BCUT2D eigenvalue weighted by molar-refractivity contribution is 0.420. The second-order valence-corrected chi connectivity index (χ2v) is 5.56. The Kier molecular flexibility index (Phi) is 3.06. The van der Waals surface area contributed by atoms with E-state index in [1.807, 2.05) is 0 Å². The third kappa shape index (κ3) is 2.81. The highest BCUT2D eigenvalue weighted by Crippen LogP contribution is 2.24. The lowest BCUT2D eigenvalue weighted by Crippen LogP contribution is -2.46. The van der Waals surface area contributed by atoms with Crippen LogP contribution in [0.5, 0.6) is 0 Å². The van der Waals surface area contributed by atoms with Gasteiger partial charge in [-0.1, -0.05) is 17.7 Å². The van der Waals surface area contributed by atoms with Gasteiger partial charge in [0.2, 0.25) is 0 Å². The number of anilines is 1. The summed E-state index contributed by atoms with van der Waals surface area (Å²) < 4.78 is 0. The van der Waals surface area contributed by atoms with E-state index in [1.165, 1.54) is 50.0 Å². The summed E-state index contributed by atoms with van der Waals surface area (Å²) in [5, 5.41) is 3.76. The van der Waals surface area contributed by atoms with E-state index >= 15 is 0 Å². The van der Waals surface area contributed by atoms with Crippen molar-refractivity contribution in [1.82, 2.24) is 5.32 Å². The third-order valence-electron chi connectivity index (χ3n) is 3.87. The standard InChI is InChI=1S/C15H22N2/c1-12-4-8-15(9-5-12)17-10-2-3-14(11-17)16-13-6-7-13/h4-5,8-9,13-14,16H,2-3,6-7,10-11H2,1H3. The highest BCUT2D eigenvalue weighted by molar-refractivity contribution is 5.48. The smallest absolute Gasteiger partial charge is 0.0366 e. The van der Waals surface area contributed by atoms with Gasteiger partial charge in [0.25, 0.3) is 0 Å². The molecule has 1 aromatic rings. The quantitative estimate of drug-likeness (QED) is 0.859. The molecule has 1 unspecified atom stereocenters. The van der Waals surface area contributed by atoms with E-state index in [1.54, 1.807) is 0 Å². The molecule has 2 fully saturated rings. The number of hydrogen-bond donors (Lipinski definition) is 1. The molecule has 17 heavy (non-hydrogen) atoms. The Hall–Kier alpha value is -1.02. The average molecular weight is 230 g/mol. The Morgan fingerprint density at radius 3 is 2.53 bits per heavy atom. The van der Waals surface area contributed by atoms with Crippen LogP contribution in [0.1, 0.15) is 31.2 Å². The van der Waals surface area contributed by atoms with Crippen molar-refractivity contribution in [3.63, 3.8) is 0 Å². The summed E-state index contributed by atoms with van der Waals surface area (Å²) in [7, 11) is 0. The molecule has 92 valence electrons. The van der Waals surface area contributed by atoms with Crippen molar-refractivity contribution in [3.8, 4) is 0 Å². The van der Waals surface area contributed by atoms with Gasteiger partial charge in [-0.15, -0.1) is 0 Å². The van der Waals surface area contributed by atoms with E-state index in [0.717, 1.165) is 6.04 Å². The Labute approximate surface area is 104 Å². The third-order valence-corrected chi connectivity index (χ3v) is 3.87. The second-order valence-electron chi connectivity index (χ2n) is 5.56. The topological polar surface area (TPSA) is 15.3 Å². The molecule has 0 aromatic heterocycles. The summed E-state index contributed by atoms with van der Waals surface area (Å²) in [6.45, 7) is 4.54. The monoisotopic (exact) mass is 230 g/mol. The molecular formula is C15H22N2. The van der Waals surface area contributed by atoms with Crippen molar-refractivity contribution in [2.24, 2.45) is 0 Å². The number of nitrogens with one attached hydrogen (secondary N) is 1. The number of hydrogen-bond acceptors (Lipinski definition) is 2. The zero-order chi connectivity index (χ0) is 11.7. The summed E-state index contributed by atoms with van der Waals surface area (Å²) in [5.41, 5.74) is 2.73. The van der Waals surface area contributed by atoms with Gasteiger partial charge in [0.05, 0.1) is 0 Å². The molecule has 1 atom stereocenters. The Morgan fingerprint density at radius 2 is 1.82 bits per heavy atom. The minimum Gasteiger partial charge on any atom is -0.370 e. The lowest BCUT2D eigenvalue weighted by atomic mass is 10.0. The maximum Gasteiger partial charge on any atom is 0.0366 e. The van der Waals surface area contributed by atoms with Crippen LogP contribution < -0.4 is 10.2 Å². The maximum atomic E-state index is 3.76. The number of nitrogens with zero attached hydrogens (tertiary/aromatic N) is 1. The number of rotatable bonds is 3. The van der Waals surface area contributed by atoms with Gasteiger partial charge in [-0.3, -0.25) is 0 Å². The first kappa shape index (κ1) is 11.1. The van der Waals surface area contributed by atoms with Gasteiger partial charge >= 0.3 is 0 Å². The fourth-order valence-electron chi connectivity index (χ4n) is 2.69. The van der Waals surface area contributed by atoms with E-state index in [2.05, 4.69) is 41.4 Å². The van der Waals surface area contributed by atoms with Gasteiger partial charge in [-0.05, 0) is 44.7 Å². The summed E-state index contributed by atoms with van der Waals surface area (Å²) in [6.07, 6.45) is 5.44. The van der Waals surface area contributed by atoms with E-state index in [4.69, 9.17) is 0 Å². The van der Waals surface area contributed by atoms with E-state index in [9.17, 15) is 0 Å². The normalized spacial score (nSPS) is 25.0. The number of benzene rings is 1. The predicted molar refractivity (Wildman–Crippen MR) is 72.6 cm³/mol. The molecule has 2 heteroatoms. The molecule has 1 aliphatic carbocycles. The lowest BCUT2D eigenvalue weighted by Gasteiger charge is -2.35. The van der Waals surface area contributed by atoms with Crippen LogP contribution in [0.2, 0.25) is 0 Å². The van der Waals surface area contributed by atoms with Crippen LogP contribution in [0, 0.1) is 6.92 Å². The molecule has 1 heterocycles. The fraction of sp³-hybridized carbons (Fsp3) is 0.600. The predicted octanol–water partition coefficient (Wildman–Crippen LogP) is 2.72. The summed E-state index contributed by atoms with van der Waals surface area (Å²) in [4.78, 5) is 2.53. The summed E-state index contributed by atoms with van der Waals surface area (Å²) >= 11 is 0. The SMILES string of the molecule is Cc1ccc(N2CCCC(NC3CC3)C2)cc1. The highest BCUT2D eigenvalue weighted by atomic mass is 15.2. The molecule has 1 aliphatic heterocycles. The Balaban J connectivity index is 1.63. The van der Waals surface area contributed by atoms with Crippen LogP contribution >= 0.6 is 0 Å². The van der Waals surface area contributed by atoms with Gasteiger partial charge in [0.15, 0.2) is 0 Å². The molecule has 1 aromatic carbocycles. The first-order chi connectivity index (χ1) is 8.31. The largest absolute Gasteiger partial charge is 0.370 e. The Morgan fingerprint density at radius 1 is 1.06 bits per heavy atom. The van der Waals surface area contributed by atoms with Gasteiger partial charge < -0.3 is 10.2 Å². The highest BCUT2D eigenvalue weighted by Gasteiger charge is 2.27. The zero-order valence-corrected chi connectivity index (χ0v) is 10.7. The van der Waals surface area contributed by atoms with Crippen molar-refractivity contribution in [2.45, 2.75) is 44.7 Å². The molecule has 1 N–H and O–H groups in total. The van der Waals surface area contributed by atoms with Gasteiger partial charge in [-0.25, -0.2) is 0 Å². The average Bonchev–Trinajstić information content (AvgIpc) is 3.14. The van der Waals surface area contributed by atoms with E-state index in [0.29, 0.717) is 6.04 Å². The number of aryl methyl sites for hydroxylation is 1. The first-order valence-electron chi connectivity index (χ1n) is 6.89. The molecule has 0 spiro atoms. The molecule has 2 nitrogen and oxygen atoms in total. The maximum absolute atomic E-state index is 3.76. The molecule has 2 aliphatic rings. The van der Waals surface area contributed by atoms with Crippen LogP contribution in [-0.4, -0.2) is 25.2 Å². The van der Waals surface area contributed by atoms with Crippen LogP contribution in [0.4, 0.5) is 5.69 Å². The van der Waals surface area contributed by atoms with Crippen molar-refractivity contribution in [3.05, 3.63) is 29.8 Å². The minimum atomic E-state index is 0.706. The fourth-order valence-corrected chi connectivity index (χ4v) is 2.69. The van der Waals surface area contributed by atoms with Gasteiger partial charge in [0.1, 0.15) is 0 Å². The van der Waals surface area contributed by atoms with Crippen molar-refractivity contribution in [1.29, 1.82) is 0 Å². The van der Waals surface area contributed by atoms with E-state index < -0.39 is 0 Å². The minimum absolute atomic E-state index is 0.706. The summed E-state index contributed by atoms with van der Waals surface area (Å²) in [5.74, 6) is 0. The molecular weight excluding hydrogens is 208 g/mol. The first-order valence-corrected chi connectivity index (χ1v) is 6.89. The second kappa shape index (κ2) is 4.69. The summed E-state index contributed by atoms with van der Waals surface area (Å²) in [6, 6.07) is 10.5. The van der Waals surface area contributed by atoms with Crippen LogP contribution in [0.3, 0.4) is 0 Å². The Bertz CT molecular complexity index is 367. The van der Waals surface area contributed by atoms with Gasteiger partial charge in [0, 0.05) is 30.9 Å². The molecule has 1 saturated heterocycles.